The van der Waals surface area contributed by atoms with Crippen molar-refractivity contribution in [1.82, 2.24) is 9.21 Å². The van der Waals surface area contributed by atoms with Crippen LogP contribution in [0.25, 0.3) is 0 Å². The van der Waals surface area contributed by atoms with E-state index in [1.807, 2.05) is 11.0 Å². The summed E-state index contributed by atoms with van der Waals surface area (Å²) in [7, 11) is -3.46. The molecule has 0 spiro atoms. The molecule has 1 unspecified atom stereocenters. The number of carbonyl (C=O) groups excluding carboxylic acids is 1. The van der Waals surface area contributed by atoms with E-state index in [1.54, 1.807) is 24.3 Å². The molecule has 1 aliphatic carbocycles. The molecule has 0 N–H and O–H groups in total. The van der Waals surface area contributed by atoms with Crippen molar-refractivity contribution in [1.29, 1.82) is 0 Å². The number of hydrogen-bond donors (Lipinski definition) is 0. The molecule has 1 aromatic rings. The average molecular weight is 389 g/mol. The van der Waals surface area contributed by atoms with E-state index in [0.717, 1.165) is 19.4 Å². The fourth-order valence-corrected chi connectivity index (χ4v) is 6.21. The van der Waals surface area contributed by atoms with Crippen molar-refractivity contribution in [2.75, 3.05) is 19.6 Å². The second kappa shape index (κ2) is 7.76. The van der Waals surface area contributed by atoms with Crippen LogP contribution < -0.4 is 0 Å². The van der Waals surface area contributed by atoms with Gasteiger partial charge in [-0.15, -0.1) is 0 Å². The van der Waals surface area contributed by atoms with Crippen LogP contribution in [0.5, 0.6) is 0 Å². The number of likely N-dealkylation sites (tertiary alicyclic amines) is 1. The van der Waals surface area contributed by atoms with Gasteiger partial charge in [-0.1, -0.05) is 24.3 Å². The monoisotopic (exact) mass is 388 g/mol. The van der Waals surface area contributed by atoms with Crippen LogP contribution >= 0.6 is 0 Å². The topological polar surface area (TPSA) is 57.7 Å². The van der Waals surface area contributed by atoms with Crippen LogP contribution in [0, 0.1) is 11.8 Å². The van der Waals surface area contributed by atoms with Gasteiger partial charge >= 0.3 is 0 Å². The van der Waals surface area contributed by atoms with Crippen LogP contribution in [-0.2, 0) is 14.8 Å². The fourth-order valence-electron chi connectivity index (χ4n) is 4.72. The van der Waals surface area contributed by atoms with E-state index < -0.39 is 10.0 Å². The summed E-state index contributed by atoms with van der Waals surface area (Å²) in [5.41, 5.74) is 1.25. The molecule has 1 aromatic carbocycles. The summed E-state index contributed by atoms with van der Waals surface area (Å²) in [4.78, 5) is 15.5. The first-order valence-corrected chi connectivity index (χ1v) is 11.6. The van der Waals surface area contributed by atoms with E-state index in [-0.39, 0.29) is 11.8 Å². The Kier molecular flexibility index (Phi) is 5.37. The Balaban J connectivity index is 1.42. The molecule has 2 saturated heterocycles. The van der Waals surface area contributed by atoms with Gasteiger partial charge in [0, 0.05) is 31.2 Å². The number of benzene rings is 1. The number of hydrogen-bond acceptors (Lipinski definition) is 3. The molecule has 6 heteroatoms. The second-order valence-corrected chi connectivity index (χ2v) is 9.82. The number of carbonyl (C=O) groups is 1. The Hall–Kier alpha value is -1.66. The molecule has 3 aliphatic rings. The number of allylic oxidation sites excluding steroid dienone is 2. The lowest BCUT2D eigenvalue weighted by atomic mass is 9.84. The lowest BCUT2D eigenvalue weighted by Crippen LogP contribution is -2.46. The van der Waals surface area contributed by atoms with Gasteiger partial charge in [-0.05, 0) is 63.0 Å². The molecule has 0 bridgehead atoms. The first kappa shape index (κ1) is 18.7. The molecule has 2 heterocycles. The van der Waals surface area contributed by atoms with Crippen molar-refractivity contribution >= 4 is 15.9 Å². The van der Waals surface area contributed by atoms with Gasteiger partial charge in [-0.25, -0.2) is 8.42 Å². The average Bonchev–Trinajstić information content (AvgIpc) is 2.73. The van der Waals surface area contributed by atoms with Crippen LogP contribution in [0.4, 0.5) is 0 Å². The van der Waals surface area contributed by atoms with Crippen LogP contribution in [0.3, 0.4) is 0 Å². The smallest absolute Gasteiger partial charge is 0.243 e. The Morgan fingerprint density at radius 3 is 2.37 bits per heavy atom. The van der Waals surface area contributed by atoms with Gasteiger partial charge in [0.05, 0.1) is 4.90 Å². The lowest BCUT2D eigenvalue weighted by molar-refractivity contribution is -0.136. The van der Waals surface area contributed by atoms with Crippen LogP contribution in [0.1, 0.15) is 44.9 Å². The molecule has 27 heavy (non-hydrogen) atoms. The van der Waals surface area contributed by atoms with Gasteiger partial charge in [0.2, 0.25) is 15.9 Å². The molecule has 0 saturated carbocycles. The first-order chi connectivity index (χ1) is 13.1. The second-order valence-electron chi connectivity index (χ2n) is 7.88. The third-order valence-corrected chi connectivity index (χ3v) is 8.14. The van der Waals surface area contributed by atoms with E-state index >= 15 is 0 Å². The van der Waals surface area contributed by atoms with Crippen molar-refractivity contribution in [2.45, 2.75) is 49.8 Å². The normalized spacial score (nSPS) is 25.0. The third kappa shape index (κ3) is 3.69. The molecule has 2 aliphatic heterocycles. The SMILES string of the molecule is O=C(C1CCN(S(=O)(=O)c2ccccc2)CC1)N1CCCC2CCCC=C21. The van der Waals surface area contributed by atoms with Crippen LogP contribution in [-0.4, -0.2) is 43.2 Å². The van der Waals surface area contributed by atoms with Crippen molar-refractivity contribution in [3.8, 4) is 0 Å². The number of amides is 1. The fraction of sp³-hybridized carbons (Fsp3) is 0.571. The van der Waals surface area contributed by atoms with Crippen LogP contribution in [0.2, 0.25) is 0 Å². The number of sulfonamides is 1. The molecular formula is C21H28N2O3S. The summed E-state index contributed by atoms with van der Waals surface area (Å²) in [6.45, 7) is 1.66. The van der Waals surface area contributed by atoms with Gasteiger partial charge in [0.25, 0.3) is 0 Å². The van der Waals surface area contributed by atoms with Crippen molar-refractivity contribution in [3.05, 3.63) is 42.1 Å². The number of piperidine rings is 2. The Bertz CT molecular complexity index is 811. The van der Waals surface area contributed by atoms with Gasteiger partial charge in [-0.3, -0.25) is 4.79 Å². The highest BCUT2D eigenvalue weighted by molar-refractivity contribution is 7.89. The number of nitrogens with zero attached hydrogens (tertiary/aromatic N) is 2. The van der Waals surface area contributed by atoms with Crippen molar-refractivity contribution in [3.63, 3.8) is 0 Å². The maximum absolute atomic E-state index is 13.2. The standard InChI is InChI=1S/C21H28N2O3S/c24-21(23-14-6-8-17-7-4-5-11-20(17)23)18-12-15-22(16-13-18)27(25,26)19-9-2-1-3-10-19/h1-3,9-11,17-18H,4-8,12-16H2. The lowest BCUT2D eigenvalue weighted by Gasteiger charge is -2.40. The summed E-state index contributed by atoms with van der Waals surface area (Å²) in [6.07, 6.45) is 9.26. The van der Waals surface area contributed by atoms with Crippen molar-refractivity contribution < 1.29 is 13.2 Å². The summed E-state index contributed by atoms with van der Waals surface area (Å²) >= 11 is 0. The van der Waals surface area contributed by atoms with E-state index in [9.17, 15) is 13.2 Å². The van der Waals surface area contributed by atoms with Gasteiger partial charge < -0.3 is 4.90 Å². The zero-order valence-electron chi connectivity index (χ0n) is 15.7. The maximum atomic E-state index is 13.2. The van der Waals surface area contributed by atoms with Gasteiger partial charge in [0.15, 0.2) is 0 Å². The molecule has 0 radical (unpaired) electrons. The molecule has 5 nitrogen and oxygen atoms in total. The predicted molar refractivity (Wildman–Crippen MR) is 104 cm³/mol. The number of fused-ring (bicyclic) bond motifs is 1. The molecule has 146 valence electrons. The highest BCUT2D eigenvalue weighted by Gasteiger charge is 2.37. The highest BCUT2D eigenvalue weighted by Crippen LogP contribution is 2.36. The molecule has 4 rings (SSSR count). The highest BCUT2D eigenvalue weighted by atomic mass is 32.2. The minimum Gasteiger partial charge on any atom is -0.316 e. The van der Waals surface area contributed by atoms with Crippen molar-refractivity contribution in [2.24, 2.45) is 11.8 Å². The summed E-state index contributed by atoms with van der Waals surface area (Å²) in [5, 5.41) is 0. The quantitative estimate of drug-likeness (QED) is 0.797. The van der Waals surface area contributed by atoms with Crippen LogP contribution in [0.15, 0.2) is 47.0 Å². The minimum absolute atomic E-state index is 0.0613. The zero-order valence-corrected chi connectivity index (χ0v) is 16.5. The molecular weight excluding hydrogens is 360 g/mol. The largest absolute Gasteiger partial charge is 0.316 e. The van der Waals surface area contributed by atoms with E-state index in [4.69, 9.17) is 0 Å². The summed E-state index contributed by atoms with van der Waals surface area (Å²) in [6, 6.07) is 8.57. The molecule has 2 fully saturated rings. The molecule has 0 aromatic heterocycles. The third-order valence-electron chi connectivity index (χ3n) is 6.22. The maximum Gasteiger partial charge on any atom is 0.243 e. The molecule has 1 amide bonds. The Morgan fingerprint density at radius 1 is 0.926 bits per heavy atom. The summed E-state index contributed by atoms with van der Waals surface area (Å²) in [5.74, 6) is 0.702. The van der Waals surface area contributed by atoms with Gasteiger partial charge in [0.1, 0.15) is 0 Å². The van der Waals surface area contributed by atoms with E-state index in [1.165, 1.54) is 29.3 Å². The predicted octanol–water partition coefficient (Wildman–Crippen LogP) is 3.39. The van der Waals surface area contributed by atoms with E-state index in [0.29, 0.717) is 36.7 Å². The minimum atomic E-state index is -3.46. The van der Waals surface area contributed by atoms with Gasteiger partial charge in [-0.2, -0.15) is 4.31 Å². The Labute approximate surface area is 162 Å². The Morgan fingerprint density at radius 2 is 1.63 bits per heavy atom. The molecule has 1 atom stereocenters. The zero-order chi connectivity index (χ0) is 18.9. The summed E-state index contributed by atoms with van der Waals surface area (Å²) < 4.78 is 27.1. The van der Waals surface area contributed by atoms with E-state index in [2.05, 4.69) is 6.08 Å². The first-order valence-electron chi connectivity index (χ1n) is 10.1. The number of rotatable bonds is 3.